The maximum atomic E-state index is 13.3. The fourth-order valence-electron chi connectivity index (χ4n) is 4.01. The predicted molar refractivity (Wildman–Crippen MR) is 128 cm³/mol. The van der Waals surface area contributed by atoms with E-state index >= 15 is 0 Å². The van der Waals surface area contributed by atoms with Crippen LogP contribution in [0.1, 0.15) is 42.4 Å². The highest BCUT2D eigenvalue weighted by molar-refractivity contribution is 7.90. The maximum Gasteiger partial charge on any atom is 0.283 e. The number of hydrogen-bond donors (Lipinski definition) is 1. The molecule has 2 aromatic heterocycles. The number of rotatable bonds is 4. The van der Waals surface area contributed by atoms with Gasteiger partial charge >= 0.3 is 0 Å². The van der Waals surface area contributed by atoms with Crippen molar-refractivity contribution in [3.05, 3.63) is 77.7 Å². The number of nitrogens with one attached hydrogen (secondary N) is 1. The van der Waals surface area contributed by atoms with Gasteiger partial charge in [0.25, 0.3) is 15.9 Å². The maximum absolute atomic E-state index is 13.3. The van der Waals surface area contributed by atoms with Gasteiger partial charge in [-0.3, -0.25) is 4.79 Å². The average molecular weight is 477 g/mol. The minimum absolute atomic E-state index is 0.00164. The van der Waals surface area contributed by atoms with Crippen LogP contribution in [-0.4, -0.2) is 35.7 Å². The first-order valence-electron chi connectivity index (χ1n) is 10.9. The lowest BCUT2D eigenvalue weighted by Crippen LogP contribution is -2.31. The van der Waals surface area contributed by atoms with Crippen molar-refractivity contribution in [2.75, 3.05) is 6.61 Å². The van der Waals surface area contributed by atoms with Crippen LogP contribution in [0.3, 0.4) is 0 Å². The summed E-state index contributed by atoms with van der Waals surface area (Å²) >= 11 is 0. The van der Waals surface area contributed by atoms with Crippen LogP contribution in [0.15, 0.2) is 65.8 Å². The number of fused-ring (bicyclic) bond motifs is 2. The lowest BCUT2D eigenvalue weighted by atomic mass is 9.86. The molecule has 0 saturated heterocycles. The van der Waals surface area contributed by atoms with Gasteiger partial charge in [-0.05, 0) is 52.9 Å². The molecule has 9 heteroatoms. The van der Waals surface area contributed by atoms with Crippen molar-refractivity contribution >= 4 is 26.8 Å². The second-order valence-electron chi connectivity index (χ2n) is 9.24. The Labute approximate surface area is 197 Å². The Morgan fingerprint density at radius 1 is 1.12 bits per heavy atom. The van der Waals surface area contributed by atoms with Crippen LogP contribution < -0.4 is 9.46 Å². The molecule has 1 N–H and O–H groups in total. The summed E-state index contributed by atoms with van der Waals surface area (Å²) in [6.45, 7) is 6.44. The van der Waals surface area contributed by atoms with E-state index in [0.717, 1.165) is 22.2 Å². The number of aromatic nitrogens is 3. The van der Waals surface area contributed by atoms with Gasteiger partial charge in [-0.15, -0.1) is 0 Å². The van der Waals surface area contributed by atoms with Crippen molar-refractivity contribution in [2.45, 2.75) is 37.5 Å². The number of carbonyl (C=O) groups excluding carboxylic acids is 1. The summed E-state index contributed by atoms with van der Waals surface area (Å²) in [6.07, 6.45) is 4.11. The number of ether oxygens (including phenoxy) is 1. The quantitative estimate of drug-likeness (QED) is 0.481. The summed E-state index contributed by atoms with van der Waals surface area (Å²) in [5.41, 5.74) is 2.78. The Bertz CT molecular complexity index is 1520. The van der Waals surface area contributed by atoms with Crippen molar-refractivity contribution < 1.29 is 17.9 Å². The Morgan fingerprint density at radius 3 is 2.68 bits per heavy atom. The van der Waals surface area contributed by atoms with Gasteiger partial charge in [0.05, 0.1) is 17.8 Å². The fraction of sp³-hybridized carbons (Fsp3) is 0.240. The Hall–Kier alpha value is -3.72. The minimum atomic E-state index is -4.19. The SMILES string of the molecule is CC(C)(C)c1cc2c(c(S(=O)(=O)NC(=O)c3ccc4c(-n5cccn5)cccc4n3)c1)OCC2. The highest BCUT2D eigenvalue weighted by Gasteiger charge is 2.30. The number of amides is 1. The molecule has 34 heavy (non-hydrogen) atoms. The summed E-state index contributed by atoms with van der Waals surface area (Å²) < 4.78 is 36.1. The molecule has 0 unspecified atom stereocenters. The molecular weight excluding hydrogens is 452 g/mol. The number of carbonyl (C=O) groups is 1. The van der Waals surface area contributed by atoms with Crippen molar-refractivity contribution in [3.63, 3.8) is 0 Å². The normalized spacial score (nSPS) is 13.5. The van der Waals surface area contributed by atoms with Crippen LogP contribution in [0.2, 0.25) is 0 Å². The topological polar surface area (TPSA) is 103 Å². The van der Waals surface area contributed by atoms with E-state index in [1.54, 1.807) is 29.1 Å². The number of hydrogen-bond acceptors (Lipinski definition) is 6. The molecule has 5 rings (SSSR count). The summed E-state index contributed by atoms with van der Waals surface area (Å²) in [7, 11) is -4.19. The van der Waals surface area contributed by atoms with Crippen LogP contribution in [-0.2, 0) is 21.9 Å². The van der Waals surface area contributed by atoms with Gasteiger partial charge in [0.1, 0.15) is 16.3 Å². The molecule has 1 aliphatic rings. The largest absolute Gasteiger partial charge is 0.492 e. The molecule has 0 aliphatic carbocycles. The summed E-state index contributed by atoms with van der Waals surface area (Å²) in [4.78, 5) is 17.3. The first-order chi connectivity index (χ1) is 16.1. The molecule has 1 aliphatic heterocycles. The minimum Gasteiger partial charge on any atom is -0.492 e. The van der Waals surface area contributed by atoms with E-state index in [0.29, 0.717) is 24.3 Å². The molecule has 8 nitrogen and oxygen atoms in total. The number of nitrogens with zero attached hydrogens (tertiary/aromatic N) is 3. The standard InChI is InChI=1S/C25H24N4O4S/c1-25(2,3)17-14-16-10-13-33-23(16)22(15-17)34(31,32)28-24(30)20-9-8-18-19(27-20)6-4-7-21(18)29-12-5-11-26-29/h4-9,11-12,14-15H,10,13H2,1-3H3,(H,28,30). The second kappa shape index (κ2) is 7.95. The van der Waals surface area contributed by atoms with Gasteiger partial charge < -0.3 is 4.74 Å². The van der Waals surface area contributed by atoms with Gasteiger partial charge in [0.2, 0.25) is 0 Å². The van der Waals surface area contributed by atoms with Gasteiger partial charge in [0, 0.05) is 24.2 Å². The third kappa shape index (κ3) is 3.92. The highest BCUT2D eigenvalue weighted by atomic mass is 32.2. The second-order valence-corrected chi connectivity index (χ2v) is 10.9. The molecule has 0 spiro atoms. The molecule has 174 valence electrons. The molecule has 0 fully saturated rings. The average Bonchev–Trinajstić information content (AvgIpc) is 3.48. The zero-order valence-electron chi connectivity index (χ0n) is 19.1. The predicted octanol–water partition coefficient (Wildman–Crippen LogP) is 3.77. The molecule has 0 radical (unpaired) electrons. The lowest BCUT2D eigenvalue weighted by molar-refractivity contribution is 0.0977. The molecule has 1 amide bonds. The molecular formula is C25H24N4O4S. The van der Waals surface area contributed by atoms with Crippen LogP contribution in [0.25, 0.3) is 16.6 Å². The van der Waals surface area contributed by atoms with E-state index in [9.17, 15) is 13.2 Å². The third-order valence-corrected chi connectivity index (χ3v) is 7.16. The molecule has 0 atom stereocenters. The van der Waals surface area contributed by atoms with Gasteiger partial charge in [-0.2, -0.15) is 5.10 Å². The molecule has 0 saturated carbocycles. The van der Waals surface area contributed by atoms with Crippen LogP contribution >= 0.6 is 0 Å². The van der Waals surface area contributed by atoms with Crippen molar-refractivity contribution in [3.8, 4) is 11.4 Å². The van der Waals surface area contributed by atoms with E-state index in [2.05, 4.69) is 14.8 Å². The van der Waals surface area contributed by atoms with Gasteiger partial charge in [-0.1, -0.05) is 32.9 Å². The molecule has 4 aromatic rings. The Morgan fingerprint density at radius 2 is 1.94 bits per heavy atom. The van der Waals surface area contributed by atoms with E-state index < -0.39 is 15.9 Å². The summed E-state index contributed by atoms with van der Waals surface area (Å²) in [6, 6.07) is 14.1. The van der Waals surface area contributed by atoms with E-state index in [1.807, 2.05) is 51.2 Å². The molecule has 3 heterocycles. The van der Waals surface area contributed by atoms with Crippen LogP contribution in [0.4, 0.5) is 0 Å². The number of pyridine rings is 1. The molecule has 2 aromatic carbocycles. The molecule has 0 bridgehead atoms. The Kier molecular flexibility index (Phi) is 5.16. The summed E-state index contributed by atoms with van der Waals surface area (Å²) in [5.74, 6) is -0.497. The van der Waals surface area contributed by atoms with Gasteiger partial charge in [-0.25, -0.2) is 22.8 Å². The first-order valence-corrected chi connectivity index (χ1v) is 12.4. The third-order valence-electron chi connectivity index (χ3n) is 5.82. The van der Waals surface area contributed by atoms with Crippen LogP contribution in [0, 0.1) is 0 Å². The Balaban J connectivity index is 1.50. The monoisotopic (exact) mass is 476 g/mol. The zero-order chi connectivity index (χ0) is 24.1. The fourth-order valence-corrected chi connectivity index (χ4v) is 5.19. The van der Waals surface area contributed by atoms with E-state index in [-0.39, 0.29) is 16.0 Å². The number of sulfonamides is 1. The number of benzene rings is 2. The first kappa shape index (κ1) is 22.1. The van der Waals surface area contributed by atoms with Crippen molar-refractivity contribution in [1.29, 1.82) is 0 Å². The summed E-state index contributed by atoms with van der Waals surface area (Å²) in [5, 5.41) is 5.03. The van der Waals surface area contributed by atoms with E-state index in [4.69, 9.17) is 4.74 Å². The zero-order valence-corrected chi connectivity index (χ0v) is 19.9. The highest BCUT2D eigenvalue weighted by Crippen LogP contribution is 2.37. The van der Waals surface area contributed by atoms with Gasteiger partial charge in [0.15, 0.2) is 0 Å². The van der Waals surface area contributed by atoms with Crippen molar-refractivity contribution in [2.24, 2.45) is 0 Å². The smallest absolute Gasteiger partial charge is 0.283 e. The van der Waals surface area contributed by atoms with E-state index in [1.165, 1.54) is 6.07 Å². The van der Waals surface area contributed by atoms with Crippen molar-refractivity contribution in [1.82, 2.24) is 19.5 Å². The van der Waals surface area contributed by atoms with Crippen LogP contribution in [0.5, 0.6) is 5.75 Å². The lowest BCUT2D eigenvalue weighted by Gasteiger charge is -2.21.